The van der Waals surface area contributed by atoms with Crippen molar-refractivity contribution in [3.8, 4) is 5.75 Å². The molecule has 0 fully saturated rings. The Morgan fingerprint density at radius 2 is 1.85 bits per heavy atom. The lowest BCUT2D eigenvalue weighted by molar-refractivity contribution is -0.137. The van der Waals surface area contributed by atoms with Crippen LogP contribution >= 0.6 is 0 Å². The van der Waals surface area contributed by atoms with Crippen LogP contribution in [0.25, 0.3) is 0 Å². The van der Waals surface area contributed by atoms with Crippen molar-refractivity contribution in [3.63, 3.8) is 0 Å². The van der Waals surface area contributed by atoms with Crippen LogP contribution in [0.2, 0.25) is 0 Å². The summed E-state index contributed by atoms with van der Waals surface area (Å²) in [6, 6.07) is 5.37. The highest BCUT2D eigenvalue weighted by Crippen LogP contribution is 2.31. The van der Waals surface area contributed by atoms with E-state index in [-0.39, 0.29) is 17.6 Å². The van der Waals surface area contributed by atoms with Crippen molar-refractivity contribution in [1.82, 2.24) is 0 Å². The predicted molar refractivity (Wildman–Crippen MR) is 77.3 cm³/mol. The summed E-state index contributed by atoms with van der Waals surface area (Å²) >= 11 is 0. The van der Waals surface area contributed by atoms with E-state index >= 15 is 0 Å². The third-order valence-corrected chi connectivity index (χ3v) is 3.57. The highest BCUT2D eigenvalue weighted by Gasteiger charge is 2.25. The van der Waals surface area contributed by atoms with Gasteiger partial charge in [0.2, 0.25) is 0 Å². The van der Waals surface area contributed by atoms with E-state index in [1.807, 2.05) is 6.07 Å². The average molecular weight is 278 g/mol. The van der Waals surface area contributed by atoms with Gasteiger partial charge in [-0.3, -0.25) is 4.79 Å². The van der Waals surface area contributed by atoms with E-state index in [4.69, 9.17) is 9.47 Å². The summed E-state index contributed by atoms with van der Waals surface area (Å²) in [5.74, 6) is -1.13. The summed E-state index contributed by atoms with van der Waals surface area (Å²) in [5, 5.41) is 0. The molecule has 0 aliphatic heterocycles. The maximum absolute atomic E-state index is 12.1. The molecule has 0 amide bonds. The number of benzene rings is 1. The largest absolute Gasteiger partial charge is 0.496 e. The molecule has 1 aromatic carbocycles. The van der Waals surface area contributed by atoms with E-state index in [1.54, 1.807) is 19.1 Å². The van der Waals surface area contributed by atoms with Crippen LogP contribution in [0.1, 0.15) is 50.0 Å². The fourth-order valence-corrected chi connectivity index (χ4v) is 1.82. The molecule has 0 saturated carbocycles. The minimum Gasteiger partial charge on any atom is -0.496 e. The van der Waals surface area contributed by atoms with Gasteiger partial charge in [0.05, 0.1) is 19.3 Å². The van der Waals surface area contributed by atoms with Gasteiger partial charge in [-0.25, -0.2) is 4.79 Å². The molecular weight excluding hydrogens is 256 g/mol. The quantitative estimate of drug-likeness (QED) is 0.456. The maximum atomic E-state index is 12.1. The summed E-state index contributed by atoms with van der Waals surface area (Å²) in [6.07, 6.45) is 0.923. The van der Waals surface area contributed by atoms with E-state index in [1.165, 1.54) is 7.11 Å². The second kappa shape index (κ2) is 6.55. The Hall–Kier alpha value is -1.84. The lowest BCUT2D eigenvalue weighted by Crippen LogP contribution is -2.21. The Balaban J connectivity index is 3.26. The first-order chi connectivity index (χ1) is 9.37. The molecule has 0 atom stereocenters. The van der Waals surface area contributed by atoms with Crippen LogP contribution in [0.3, 0.4) is 0 Å². The lowest BCUT2D eigenvalue weighted by Gasteiger charge is -2.24. The van der Waals surface area contributed by atoms with Crippen molar-refractivity contribution in [1.29, 1.82) is 0 Å². The number of hydrogen-bond donors (Lipinski definition) is 0. The minimum absolute atomic E-state index is 0.0734. The van der Waals surface area contributed by atoms with E-state index in [2.05, 4.69) is 20.8 Å². The minimum atomic E-state index is -0.850. The molecule has 0 bridgehead atoms. The van der Waals surface area contributed by atoms with Crippen LogP contribution in [0.5, 0.6) is 5.75 Å². The third-order valence-electron chi connectivity index (χ3n) is 3.57. The second-order valence-corrected chi connectivity index (χ2v) is 5.20. The van der Waals surface area contributed by atoms with E-state index < -0.39 is 11.8 Å². The molecule has 1 rings (SSSR count). The number of esters is 1. The van der Waals surface area contributed by atoms with Crippen molar-refractivity contribution in [2.45, 2.75) is 39.5 Å². The molecule has 0 radical (unpaired) electrons. The normalized spacial score (nSPS) is 11.1. The zero-order valence-electron chi connectivity index (χ0n) is 12.8. The Bertz CT molecular complexity index is 503. The smallest absolute Gasteiger partial charge is 0.379 e. The molecular formula is C16H22O4. The first kappa shape index (κ1) is 16.2. The molecule has 0 aromatic heterocycles. The van der Waals surface area contributed by atoms with Crippen molar-refractivity contribution < 1.29 is 19.1 Å². The molecule has 0 heterocycles. The fourth-order valence-electron chi connectivity index (χ4n) is 1.82. The molecule has 110 valence electrons. The Labute approximate surface area is 120 Å². The fraction of sp³-hybridized carbons (Fsp3) is 0.500. The standard InChI is InChI=1S/C16H22O4/c1-6-16(3,4)11-8-9-13(19-5)12(10-11)14(17)15(18)20-7-2/h8-10H,6-7H2,1-5H3. The van der Waals surface area contributed by atoms with Gasteiger partial charge in [0.15, 0.2) is 0 Å². The summed E-state index contributed by atoms with van der Waals surface area (Å²) in [7, 11) is 1.47. The van der Waals surface area contributed by atoms with Gasteiger partial charge in [0, 0.05) is 0 Å². The molecule has 0 aliphatic carbocycles. The molecule has 4 nitrogen and oxygen atoms in total. The lowest BCUT2D eigenvalue weighted by atomic mass is 9.81. The van der Waals surface area contributed by atoms with Gasteiger partial charge in [-0.05, 0) is 36.5 Å². The number of hydrogen-bond acceptors (Lipinski definition) is 4. The highest BCUT2D eigenvalue weighted by molar-refractivity contribution is 6.41. The molecule has 1 aromatic rings. The van der Waals surface area contributed by atoms with Gasteiger partial charge in [0.1, 0.15) is 5.75 Å². The zero-order valence-corrected chi connectivity index (χ0v) is 12.8. The number of carbonyl (C=O) groups excluding carboxylic acids is 2. The van der Waals surface area contributed by atoms with Crippen LogP contribution in [0.15, 0.2) is 18.2 Å². The van der Waals surface area contributed by atoms with Crippen LogP contribution in [0, 0.1) is 0 Å². The predicted octanol–water partition coefficient (Wildman–Crippen LogP) is 3.13. The molecule has 0 aliphatic rings. The van der Waals surface area contributed by atoms with Crippen LogP contribution in [0.4, 0.5) is 0 Å². The zero-order chi connectivity index (χ0) is 15.3. The van der Waals surface area contributed by atoms with Gasteiger partial charge in [-0.15, -0.1) is 0 Å². The van der Waals surface area contributed by atoms with Crippen molar-refractivity contribution in [2.24, 2.45) is 0 Å². The molecule has 0 saturated heterocycles. The topological polar surface area (TPSA) is 52.6 Å². The first-order valence-corrected chi connectivity index (χ1v) is 6.77. The summed E-state index contributed by atoms with van der Waals surface area (Å²) < 4.78 is 9.93. The summed E-state index contributed by atoms with van der Waals surface area (Å²) in [4.78, 5) is 23.7. The van der Waals surface area contributed by atoms with Gasteiger partial charge >= 0.3 is 5.97 Å². The number of ketones is 1. The molecule has 0 N–H and O–H groups in total. The number of Topliss-reactive ketones (excluding diaryl/α,β-unsaturated/α-hetero) is 1. The number of carbonyl (C=O) groups is 2. The molecule has 0 unspecified atom stereocenters. The van der Waals surface area contributed by atoms with Crippen LogP contribution in [-0.4, -0.2) is 25.5 Å². The van der Waals surface area contributed by atoms with Crippen LogP contribution in [-0.2, 0) is 14.9 Å². The van der Waals surface area contributed by atoms with E-state index in [0.717, 1.165) is 12.0 Å². The Morgan fingerprint density at radius 3 is 2.35 bits per heavy atom. The van der Waals surface area contributed by atoms with Gasteiger partial charge < -0.3 is 9.47 Å². The molecule has 20 heavy (non-hydrogen) atoms. The van der Waals surface area contributed by atoms with Crippen molar-refractivity contribution >= 4 is 11.8 Å². The van der Waals surface area contributed by atoms with E-state index in [9.17, 15) is 9.59 Å². The molecule has 4 heteroatoms. The highest BCUT2D eigenvalue weighted by atomic mass is 16.5. The number of rotatable bonds is 6. The Morgan fingerprint density at radius 1 is 1.20 bits per heavy atom. The van der Waals surface area contributed by atoms with Gasteiger partial charge in [-0.1, -0.05) is 26.8 Å². The SMILES string of the molecule is CCOC(=O)C(=O)c1cc(C(C)(C)CC)ccc1OC. The number of methoxy groups -OCH3 is 1. The summed E-state index contributed by atoms with van der Waals surface area (Å²) in [6.45, 7) is 8.10. The third kappa shape index (κ3) is 3.38. The monoisotopic (exact) mass is 278 g/mol. The molecule has 0 spiro atoms. The van der Waals surface area contributed by atoms with Crippen molar-refractivity contribution in [3.05, 3.63) is 29.3 Å². The number of ether oxygens (including phenoxy) is 2. The maximum Gasteiger partial charge on any atom is 0.379 e. The summed E-state index contributed by atoms with van der Waals surface area (Å²) in [5.41, 5.74) is 1.18. The van der Waals surface area contributed by atoms with Gasteiger partial charge in [-0.2, -0.15) is 0 Å². The van der Waals surface area contributed by atoms with Crippen LogP contribution < -0.4 is 4.74 Å². The first-order valence-electron chi connectivity index (χ1n) is 6.77. The van der Waals surface area contributed by atoms with Crippen molar-refractivity contribution in [2.75, 3.05) is 13.7 Å². The van der Waals surface area contributed by atoms with Gasteiger partial charge in [0.25, 0.3) is 5.78 Å². The second-order valence-electron chi connectivity index (χ2n) is 5.20. The van der Waals surface area contributed by atoms with E-state index in [0.29, 0.717) is 5.75 Å². The Kier molecular flexibility index (Phi) is 5.31. The average Bonchev–Trinajstić information content (AvgIpc) is 2.45.